The molecule has 0 aliphatic carbocycles. The maximum atomic E-state index is 12.7. The predicted molar refractivity (Wildman–Crippen MR) is 78.6 cm³/mol. The molecule has 2 atom stereocenters. The number of aliphatic hydroxyl groups is 1. The van der Waals surface area contributed by atoms with Crippen LogP contribution in [0.5, 0.6) is 0 Å². The van der Waals surface area contributed by atoms with Crippen molar-refractivity contribution in [2.75, 3.05) is 46.4 Å². The Morgan fingerprint density at radius 2 is 1.85 bits per heavy atom. The molecule has 0 saturated carbocycles. The first kappa shape index (κ1) is 16.2. The van der Waals surface area contributed by atoms with Crippen LogP contribution in [0.25, 0.3) is 0 Å². The second kappa shape index (κ2) is 6.70. The Kier molecular flexibility index (Phi) is 5.42. The van der Waals surface area contributed by atoms with Gasteiger partial charge in [-0.2, -0.15) is 17.0 Å². The highest BCUT2D eigenvalue weighted by molar-refractivity contribution is 7.86. The second-order valence-electron chi connectivity index (χ2n) is 5.96. The smallest absolute Gasteiger partial charge is 0.282 e. The maximum Gasteiger partial charge on any atom is 0.282 e. The molecule has 1 N–H and O–H groups in total. The van der Waals surface area contributed by atoms with Crippen LogP contribution in [-0.4, -0.2) is 79.5 Å². The molecule has 0 aromatic carbocycles. The number of hydrogen-bond donors (Lipinski definition) is 1. The molecule has 0 aromatic rings. The summed E-state index contributed by atoms with van der Waals surface area (Å²) < 4.78 is 28.6. The number of rotatable bonds is 4. The summed E-state index contributed by atoms with van der Waals surface area (Å²) in [6.07, 6.45) is 2.72. The monoisotopic (exact) mass is 305 g/mol. The number of nitrogens with zero attached hydrogens (tertiary/aromatic N) is 3. The van der Waals surface area contributed by atoms with Crippen LogP contribution < -0.4 is 0 Å². The quantitative estimate of drug-likeness (QED) is 0.792. The van der Waals surface area contributed by atoms with E-state index < -0.39 is 10.2 Å². The van der Waals surface area contributed by atoms with E-state index in [1.165, 1.54) is 0 Å². The summed E-state index contributed by atoms with van der Waals surface area (Å²) in [7, 11) is -1.31. The molecule has 2 fully saturated rings. The van der Waals surface area contributed by atoms with E-state index in [9.17, 15) is 13.5 Å². The summed E-state index contributed by atoms with van der Waals surface area (Å²) in [5.74, 6) is 0.0907. The number of piperidine rings is 1. The second-order valence-corrected chi connectivity index (χ2v) is 7.89. The van der Waals surface area contributed by atoms with E-state index >= 15 is 0 Å². The normalized spacial score (nSPS) is 31.6. The fourth-order valence-corrected chi connectivity index (χ4v) is 4.88. The number of piperazine rings is 1. The molecule has 2 aliphatic heterocycles. The first-order valence-corrected chi connectivity index (χ1v) is 8.95. The van der Waals surface area contributed by atoms with Gasteiger partial charge in [0.2, 0.25) is 0 Å². The molecule has 2 unspecified atom stereocenters. The lowest BCUT2D eigenvalue weighted by molar-refractivity contribution is 0.128. The van der Waals surface area contributed by atoms with Gasteiger partial charge in [0.1, 0.15) is 0 Å². The van der Waals surface area contributed by atoms with Gasteiger partial charge in [-0.1, -0.05) is 6.92 Å². The van der Waals surface area contributed by atoms with Crippen LogP contribution >= 0.6 is 0 Å². The van der Waals surface area contributed by atoms with Gasteiger partial charge in [-0.05, 0) is 32.2 Å². The van der Waals surface area contributed by atoms with Crippen LogP contribution in [0.4, 0.5) is 0 Å². The van der Waals surface area contributed by atoms with Crippen molar-refractivity contribution in [2.24, 2.45) is 5.92 Å². The Bertz CT molecular complexity index is 415. The van der Waals surface area contributed by atoms with Crippen molar-refractivity contribution in [3.8, 4) is 0 Å². The molecule has 0 spiro atoms. The SMILES string of the molecule is CCC1CN(S(=O)(=O)N2CCCC(CO)C2)CCN1C. The lowest BCUT2D eigenvalue weighted by Gasteiger charge is -2.41. The Balaban J connectivity index is 2.06. The van der Waals surface area contributed by atoms with Crippen molar-refractivity contribution in [3.63, 3.8) is 0 Å². The van der Waals surface area contributed by atoms with Gasteiger partial charge in [-0.25, -0.2) is 0 Å². The van der Waals surface area contributed by atoms with Crippen LogP contribution in [0.1, 0.15) is 26.2 Å². The van der Waals surface area contributed by atoms with Crippen LogP contribution in [-0.2, 0) is 10.2 Å². The first-order valence-electron chi connectivity index (χ1n) is 7.55. The van der Waals surface area contributed by atoms with E-state index in [0.717, 1.165) is 25.8 Å². The third kappa shape index (κ3) is 3.33. The fourth-order valence-electron chi connectivity index (χ4n) is 3.12. The molecule has 0 aromatic heterocycles. The molecule has 2 saturated heterocycles. The molecule has 0 amide bonds. The molecule has 0 bridgehead atoms. The Morgan fingerprint density at radius 3 is 2.50 bits per heavy atom. The van der Waals surface area contributed by atoms with Crippen molar-refractivity contribution >= 4 is 10.2 Å². The van der Waals surface area contributed by atoms with Crippen molar-refractivity contribution in [1.82, 2.24) is 13.5 Å². The van der Waals surface area contributed by atoms with Gasteiger partial charge < -0.3 is 10.0 Å². The van der Waals surface area contributed by atoms with E-state index in [4.69, 9.17) is 0 Å². The minimum atomic E-state index is -3.37. The van der Waals surface area contributed by atoms with Gasteiger partial charge in [0.05, 0.1) is 0 Å². The molecule has 0 radical (unpaired) electrons. The Hall–Kier alpha value is -0.210. The Morgan fingerprint density at radius 1 is 1.15 bits per heavy atom. The van der Waals surface area contributed by atoms with Gasteiger partial charge in [0.25, 0.3) is 10.2 Å². The van der Waals surface area contributed by atoms with Crippen molar-refractivity contribution < 1.29 is 13.5 Å². The van der Waals surface area contributed by atoms with Crippen LogP contribution in [0.15, 0.2) is 0 Å². The third-order valence-electron chi connectivity index (χ3n) is 4.60. The summed E-state index contributed by atoms with van der Waals surface area (Å²) >= 11 is 0. The van der Waals surface area contributed by atoms with Crippen LogP contribution in [0.2, 0.25) is 0 Å². The highest BCUT2D eigenvalue weighted by atomic mass is 32.2. The standard InChI is InChI=1S/C13H27N3O3S/c1-3-13-10-16(8-7-14(13)2)20(18,19)15-6-4-5-12(9-15)11-17/h12-13,17H,3-11H2,1-2H3. The first-order chi connectivity index (χ1) is 9.48. The van der Waals surface area contributed by atoms with Crippen LogP contribution in [0.3, 0.4) is 0 Å². The molecule has 2 heterocycles. The minimum absolute atomic E-state index is 0.0757. The summed E-state index contributed by atoms with van der Waals surface area (Å²) in [6.45, 7) is 5.15. The van der Waals surface area contributed by atoms with Gasteiger partial charge in [0, 0.05) is 45.4 Å². The van der Waals surface area contributed by atoms with E-state index in [1.54, 1.807) is 8.61 Å². The zero-order chi connectivity index (χ0) is 14.8. The summed E-state index contributed by atoms with van der Waals surface area (Å²) in [6, 6.07) is 0.303. The molecule has 2 aliphatic rings. The van der Waals surface area contributed by atoms with E-state index in [-0.39, 0.29) is 12.5 Å². The van der Waals surface area contributed by atoms with Gasteiger partial charge >= 0.3 is 0 Å². The van der Waals surface area contributed by atoms with Crippen molar-refractivity contribution in [2.45, 2.75) is 32.2 Å². The largest absolute Gasteiger partial charge is 0.396 e. The number of aliphatic hydroxyl groups excluding tert-OH is 1. The van der Waals surface area contributed by atoms with Gasteiger partial charge in [-0.15, -0.1) is 0 Å². The van der Waals surface area contributed by atoms with Gasteiger partial charge in [0.15, 0.2) is 0 Å². The molecule has 7 heteroatoms. The van der Waals surface area contributed by atoms with E-state index in [2.05, 4.69) is 18.9 Å². The zero-order valence-electron chi connectivity index (χ0n) is 12.5. The molecular weight excluding hydrogens is 278 g/mol. The van der Waals surface area contributed by atoms with E-state index in [1.807, 2.05) is 0 Å². The average molecular weight is 305 g/mol. The maximum absolute atomic E-state index is 12.7. The van der Waals surface area contributed by atoms with Gasteiger partial charge in [-0.3, -0.25) is 0 Å². The number of likely N-dealkylation sites (N-methyl/N-ethyl adjacent to an activating group) is 1. The molecule has 6 nitrogen and oxygen atoms in total. The summed E-state index contributed by atoms with van der Waals surface area (Å²) in [5, 5.41) is 9.26. The van der Waals surface area contributed by atoms with Crippen LogP contribution in [0, 0.1) is 5.92 Å². The molecule has 20 heavy (non-hydrogen) atoms. The third-order valence-corrected chi connectivity index (χ3v) is 6.57. The predicted octanol–water partition coefficient (Wildman–Crippen LogP) is -0.0385. The Labute approximate surface area is 122 Å². The summed E-state index contributed by atoms with van der Waals surface area (Å²) in [4.78, 5) is 2.23. The number of hydrogen-bond acceptors (Lipinski definition) is 4. The average Bonchev–Trinajstić information content (AvgIpc) is 2.47. The highest BCUT2D eigenvalue weighted by Gasteiger charge is 2.36. The minimum Gasteiger partial charge on any atom is -0.396 e. The lowest BCUT2D eigenvalue weighted by Crippen LogP contribution is -2.57. The zero-order valence-corrected chi connectivity index (χ0v) is 13.3. The fraction of sp³-hybridized carbons (Fsp3) is 1.00. The van der Waals surface area contributed by atoms with Crippen molar-refractivity contribution in [1.29, 1.82) is 0 Å². The van der Waals surface area contributed by atoms with Crippen molar-refractivity contribution in [3.05, 3.63) is 0 Å². The molecule has 2 rings (SSSR count). The highest BCUT2D eigenvalue weighted by Crippen LogP contribution is 2.23. The topological polar surface area (TPSA) is 64.1 Å². The molecular formula is C13H27N3O3S. The van der Waals surface area contributed by atoms with E-state index in [0.29, 0.717) is 32.2 Å². The lowest BCUT2D eigenvalue weighted by atomic mass is 10.0. The molecule has 118 valence electrons. The summed E-state index contributed by atoms with van der Waals surface area (Å²) in [5.41, 5.74) is 0.